The molecule has 0 aliphatic heterocycles. The first-order valence-corrected chi connectivity index (χ1v) is 12.5. The molecule has 1 unspecified atom stereocenters. The van der Waals surface area contributed by atoms with Crippen molar-refractivity contribution >= 4 is 23.9 Å². The Morgan fingerprint density at radius 1 is 0.850 bits per heavy atom. The third-order valence-corrected chi connectivity index (χ3v) is 5.31. The zero-order valence-corrected chi connectivity index (χ0v) is 22.2. The number of aromatic amines is 1. The first kappa shape index (κ1) is 29.6. The van der Waals surface area contributed by atoms with Gasteiger partial charge in [0.1, 0.15) is 5.56 Å². The van der Waals surface area contributed by atoms with E-state index in [-0.39, 0.29) is 24.4 Å². The Morgan fingerprint density at radius 2 is 1.45 bits per heavy atom. The molecule has 0 radical (unpaired) electrons. The molecule has 12 nitrogen and oxygen atoms in total. The van der Waals surface area contributed by atoms with Crippen LogP contribution in [0.4, 0.5) is 4.79 Å². The number of carbonyl (C=O) groups excluding carboxylic acids is 4. The van der Waals surface area contributed by atoms with Crippen molar-refractivity contribution in [2.75, 3.05) is 6.54 Å². The van der Waals surface area contributed by atoms with E-state index in [0.29, 0.717) is 0 Å². The van der Waals surface area contributed by atoms with Gasteiger partial charge in [-0.2, -0.15) is 0 Å². The van der Waals surface area contributed by atoms with E-state index in [1.54, 1.807) is 13.8 Å². The normalized spacial score (nSPS) is 11.4. The average Bonchev–Trinajstić information content (AvgIpc) is 2.91. The summed E-state index contributed by atoms with van der Waals surface area (Å²) < 4.78 is 14.5. The SMILES string of the molecule is CC(C)OC(=O)OC(C)OC(=O)CCNC(=O)c1ncc(C(=O)NC(c2ccccc2)c2ccccc2)c(=O)[nH]1. The van der Waals surface area contributed by atoms with Crippen LogP contribution in [-0.4, -0.2) is 52.8 Å². The molecular weight excluding hydrogens is 520 g/mol. The average molecular weight is 551 g/mol. The van der Waals surface area contributed by atoms with Gasteiger partial charge in [0.2, 0.25) is 6.29 Å². The van der Waals surface area contributed by atoms with Crippen LogP contribution in [0.15, 0.2) is 71.7 Å². The number of esters is 1. The van der Waals surface area contributed by atoms with Crippen molar-refractivity contribution in [1.29, 1.82) is 0 Å². The van der Waals surface area contributed by atoms with Crippen LogP contribution in [0.3, 0.4) is 0 Å². The summed E-state index contributed by atoms with van der Waals surface area (Å²) in [6, 6.07) is 18.0. The van der Waals surface area contributed by atoms with Crippen molar-refractivity contribution in [2.45, 2.75) is 45.6 Å². The Balaban J connectivity index is 1.56. The molecule has 3 rings (SSSR count). The number of carbonyl (C=O) groups is 4. The summed E-state index contributed by atoms with van der Waals surface area (Å²) in [6.07, 6.45) is -1.79. The molecule has 2 aromatic carbocycles. The van der Waals surface area contributed by atoms with Crippen molar-refractivity contribution in [3.8, 4) is 0 Å². The van der Waals surface area contributed by atoms with Crippen LogP contribution in [0.25, 0.3) is 0 Å². The van der Waals surface area contributed by atoms with Crippen LogP contribution >= 0.6 is 0 Å². The topological polar surface area (TPSA) is 166 Å². The highest BCUT2D eigenvalue weighted by molar-refractivity contribution is 5.95. The van der Waals surface area contributed by atoms with Gasteiger partial charge in [0, 0.05) is 19.7 Å². The number of amides is 2. The smallest absolute Gasteiger partial charge is 0.431 e. The predicted molar refractivity (Wildman–Crippen MR) is 142 cm³/mol. The first-order valence-electron chi connectivity index (χ1n) is 12.5. The van der Waals surface area contributed by atoms with E-state index >= 15 is 0 Å². The van der Waals surface area contributed by atoms with Crippen LogP contribution in [0.5, 0.6) is 0 Å². The molecule has 210 valence electrons. The lowest BCUT2D eigenvalue weighted by Crippen LogP contribution is -2.35. The lowest BCUT2D eigenvalue weighted by molar-refractivity contribution is -0.168. The highest BCUT2D eigenvalue weighted by Crippen LogP contribution is 2.22. The summed E-state index contributed by atoms with van der Waals surface area (Å²) in [5.41, 5.74) is 0.549. The largest absolute Gasteiger partial charge is 0.511 e. The summed E-state index contributed by atoms with van der Waals surface area (Å²) in [5, 5.41) is 5.26. The standard InChI is InChI=1S/C28H30N4O8/c1-17(2)38-28(37)40-18(3)39-22(33)14-15-29-27(36)24-30-16-21(26(35)32-24)25(34)31-23(19-10-6-4-7-11-19)20-12-8-5-9-13-20/h4-13,16-18,23H,14-15H2,1-3H3,(H,29,36)(H,31,34)(H,30,32,35). The molecule has 0 aliphatic carbocycles. The molecule has 3 N–H and O–H groups in total. The molecule has 12 heteroatoms. The van der Waals surface area contributed by atoms with E-state index in [1.165, 1.54) is 6.92 Å². The fraction of sp³-hybridized carbons (Fsp3) is 0.286. The maximum atomic E-state index is 13.0. The van der Waals surface area contributed by atoms with Crippen LogP contribution in [0.2, 0.25) is 0 Å². The number of hydrogen-bond acceptors (Lipinski definition) is 9. The Bertz CT molecular complexity index is 1340. The quantitative estimate of drug-likeness (QED) is 0.240. The Labute approximate surface area is 230 Å². The summed E-state index contributed by atoms with van der Waals surface area (Å²) >= 11 is 0. The number of rotatable bonds is 11. The van der Waals surface area contributed by atoms with Crippen LogP contribution in [0.1, 0.15) is 65.3 Å². The predicted octanol–water partition coefficient (Wildman–Crippen LogP) is 2.86. The molecule has 40 heavy (non-hydrogen) atoms. The third-order valence-electron chi connectivity index (χ3n) is 5.31. The molecule has 0 aliphatic rings. The van der Waals surface area contributed by atoms with E-state index in [2.05, 4.69) is 20.6 Å². The van der Waals surface area contributed by atoms with Gasteiger partial charge in [-0.15, -0.1) is 0 Å². The Kier molecular flexibility index (Phi) is 10.5. The van der Waals surface area contributed by atoms with E-state index < -0.39 is 47.9 Å². The molecular formula is C28H30N4O8. The molecule has 0 fully saturated rings. The molecule has 0 saturated carbocycles. The van der Waals surface area contributed by atoms with E-state index in [0.717, 1.165) is 17.3 Å². The molecule has 0 saturated heterocycles. The summed E-state index contributed by atoms with van der Waals surface area (Å²) in [5.74, 6) is -2.53. The monoisotopic (exact) mass is 550 g/mol. The van der Waals surface area contributed by atoms with Crippen molar-refractivity contribution in [3.05, 3.63) is 99.7 Å². The van der Waals surface area contributed by atoms with Gasteiger partial charge in [0.15, 0.2) is 5.82 Å². The van der Waals surface area contributed by atoms with E-state index in [1.807, 2.05) is 60.7 Å². The van der Waals surface area contributed by atoms with Gasteiger partial charge in [-0.05, 0) is 25.0 Å². The van der Waals surface area contributed by atoms with Gasteiger partial charge < -0.3 is 29.8 Å². The minimum absolute atomic E-state index is 0.150. The first-order chi connectivity index (χ1) is 19.1. The van der Waals surface area contributed by atoms with Crippen molar-refractivity contribution in [2.24, 2.45) is 0 Å². The number of H-pyrrole nitrogens is 1. The van der Waals surface area contributed by atoms with Gasteiger partial charge >= 0.3 is 12.1 Å². The van der Waals surface area contributed by atoms with Crippen molar-refractivity contribution < 1.29 is 33.4 Å². The molecule has 2 amide bonds. The van der Waals surface area contributed by atoms with Gasteiger partial charge in [-0.3, -0.25) is 19.2 Å². The number of nitrogens with one attached hydrogen (secondary N) is 3. The van der Waals surface area contributed by atoms with Crippen molar-refractivity contribution in [1.82, 2.24) is 20.6 Å². The van der Waals surface area contributed by atoms with Gasteiger partial charge in [-0.25, -0.2) is 9.78 Å². The van der Waals surface area contributed by atoms with E-state index in [9.17, 15) is 24.0 Å². The van der Waals surface area contributed by atoms with Crippen LogP contribution < -0.4 is 16.2 Å². The maximum Gasteiger partial charge on any atom is 0.511 e. The fourth-order valence-corrected chi connectivity index (χ4v) is 3.52. The zero-order chi connectivity index (χ0) is 29.1. The summed E-state index contributed by atoms with van der Waals surface area (Å²) in [7, 11) is 0. The van der Waals surface area contributed by atoms with Crippen LogP contribution in [-0.2, 0) is 19.0 Å². The summed E-state index contributed by atoms with van der Waals surface area (Å²) in [6.45, 7) is 4.46. The third kappa shape index (κ3) is 8.79. The van der Waals surface area contributed by atoms with E-state index in [4.69, 9.17) is 14.2 Å². The lowest BCUT2D eigenvalue weighted by atomic mass is 9.98. The molecule has 0 spiro atoms. The number of nitrogens with zero attached hydrogens (tertiary/aromatic N) is 1. The highest BCUT2D eigenvalue weighted by atomic mass is 16.8. The van der Waals surface area contributed by atoms with Gasteiger partial charge in [0.25, 0.3) is 17.4 Å². The molecule has 1 aromatic heterocycles. The Morgan fingerprint density at radius 3 is 2.00 bits per heavy atom. The highest BCUT2D eigenvalue weighted by Gasteiger charge is 2.21. The van der Waals surface area contributed by atoms with Gasteiger partial charge in [0.05, 0.1) is 18.6 Å². The molecule has 1 heterocycles. The molecule has 3 aromatic rings. The number of hydrogen-bond donors (Lipinski definition) is 3. The Hall–Kier alpha value is -5.00. The number of ether oxygens (including phenoxy) is 3. The minimum atomic E-state index is -1.19. The molecule has 0 bridgehead atoms. The minimum Gasteiger partial charge on any atom is -0.431 e. The van der Waals surface area contributed by atoms with Crippen LogP contribution in [0, 0.1) is 0 Å². The maximum absolute atomic E-state index is 13.0. The second-order valence-corrected chi connectivity index (χ2v) is 8.80. The van der Waals surface area contributed by atoms with Crippen molar-refractivity contribution in [3.63, 3.8) is 0 Å². The summed E-state index contributed by atoms with van der Waals surface area (Å²) in [4.78, 5) is 67.6. The number of benzene rings is 2. The second kappa shape index (κ2) is 14.2. The van der Waals surface area contributed by atoms with Gasteiger partial charge in [-0.1, -0.05) is 60.7 Å². The second-order valence-electron chi connectivity index (χ2n) is 8.80. The molecule has 1 atom stereocenters. The fourth-order valence-electron chi connectivity index (χ4n) is 3.52. The number of aromatic nitrogens is 2. The lowest BCUT2D eigenvalue weighted by Gasteiger charge is -2.19. The zero-order valence-electron chi connectivity index (χ0n) is 22.2.